The zero-order chi connectivity index (χ0) is 17.4. The maximum absolute atomic E-state index is 12.6. The maximum Gasteiger partial charge on any atom is 0.244 e. The Kier molecular flexibility index (Phi) is 4.12. The summed E-state index contributed by atoms with van der Waals surface area (Å²) in [6, 6.07) is 3.95. The molecule has 1 atom stereocenters. The van der Waals surface area contributed by atoms with Gasteiger partial charge in [-0.15, -0.1) is 0 Å². The van der Waals surface area contributed by atoms with Crippen molar-refractivity contribution < 1.29 is 22.4 Å². The summed E-state index contributed by atoms with van der Waals surface area (Å²) in [7, 11) is -3.76. The molecule has 8 nitrogen and oxygen atoms in total. The molecule has 1 saturated carbocycles. The fourth-order valence-electron chi connectivity index (χ4n) is 2.59. The zero-order valence-corrected chi connectivity index (χ0v) is 14.6. The van der Waals surface area contributed by atoms with E-state index < -0.39 is 16.1 Å². The minimum atomic E-state index is -3.76. The van der Waals surface area contributed by atoms with Gasteiger partial charge in [0.25, 0.3) is 0 Å². The Morgan fingerprint density at radius 1 is 1.20 bits per heavy atom. The van der Waals surface area contributed by atoms with Crippen LogP contribution in [0.4, 0.5) is 0 Å². The van der Waals surface area contributed by atoms with Crippen molar-refractivity contribution in [2.24, 2.45) is 0 Å². The van der Waals surface area contributed by atoms with E-state index in [4.69, 9.17) is 14.0 Å². The number of rotatable bonds is 5. The maximum atomic E-state index is 12.6. The zero-order valence-electron chi connectivity index (χ0n) is 13.8. The van der Waals surface area contributed by atoms with Crippen molar-refractivity contribution in [1.82, 2.24) is 14.9 Å². The third kappa shape index (κ3) is 3.47. The summed E-state index contributed by atoms with van der Waals surface area (Å²) < 4.78 is 44.1. The summed E-state index contributed by atoms with van der Waals surface area (Å²) >= 11 is 0. The number of ether oxygens (including phenoxy) is 2. The first-order valence-electron chi connectivity index (χ1n) is 8.28. The average Bonchev–Trinajstić information content (AvgIpc) is 3.36. The Balaban J connectivity index is 1.53. The van der Waals surface area contributed by atoms with Crippen LogP contribution in [0.1, 0.15) is 49.9 Å². The normalized spacial score (nSPS) is 18.6. The van der Waals surface area contributed by atoms with Crippen molar-refractivity contribution in [3.63, 3.8) is 0 Å². The smallest absolute Gasteiger partial charge is 0.244 e. The molecule has 1 aliphatic carbocycles. The third-order valence-corrected chi connectivity index (χ3v) is 5.67. The van der Waals surface area contributed by atoms with Gasteiger partial charge in [0.05, 0.1) is 24.2 Å². The number of sulfonamides is 1. The number of benzene rings is 1. The molecule has 0 saturated heterocycles. The van der Waals surface area contributed by atoms with Gasteiger partial charge in [-0.2, -0.15) is 9.71 Å². The highest BCUT2D eigenvalue weighted by Crippen LogP contribution is 2.38. The number of fused-ring (bicyclic) bond motifs is 1. The molecule has 0 spiro atoms. The second-order valence-corrected chi connectivity index (χ2v) is 7.98. The van der Waals surface area contributed by atoms with Gasteiger partial charge in [-0.25, -0.2) is 8.42 Å². The van der Waals surface area contributed by atoms with Crippen molar-refractivity contribution in [3.8, 4) is 11.5 Å². The van der Waals surface area contributed by atoms with E-state index in [0.717, 1.165) is 19.3 Å². The molecule has 0 amide bonds. The first-order chi connectivity index (χ1) is 12.0. The van der Waals surface area contributed by atoms with E-state index in [-0.39, 0.29) is 10.8 Å². The van der Waals surface area contributed by atoms with Crippen LogP contribution in [-0.2, 0) is 10.0 Å². The van der Waals surface area contributed by atoms with Crippen LogP contribution in [0.5, 0.6) is 11.5 Å². The first kappa shape index (κ1) is 16.3. The molecule has 0 unspecified atom stereocenters. The van der Waals surface area contributed by atoms with E-state index in [2.05, 4.69) is 14.9 Å². The predicted octanol–water partition coefficient (Wildman–Crippen LogP) is 2.15. The molecule has 1 fully saturated rings. The van der Waals surface area contributed by atoms with Crippen molar-refractivity contribution in [2.45, 2.75) is 43.0 Å². The van der Waals surface area contributed by atoms with Gasteiger partial charge in [-0.3, -0.25) is 0 Å². The summed E-state index contributed by atoms with van der Waals surface area (Å²) in [6.07, 6.45) is 2.86. The van der Waals surface area contributed by atoms with Crippen LogP contribution in [0.2, 0.25) is 0 Å². The van der Waals surface area contributed by atoms with Gasteiger partial charge in [0.1, 0.15) is 0 Å². The Hall–Kier alpha value is -2.13. The summed E-state index contributed by atoms with van der Waals surface area (Å²) in [6.45, 7) is 2.71. The molecule has 1 aliphatic heterocycles. The molecule has 0 radical (unpaired) electrons. The minimum Gasteiger partial charge on any atom is -0.490 e. The minimum absolute atomic E-state index is 0.102. The van der Waals surface area contributed by atoms with Crippen molar-refractivity contribution >= 4 is 10.0 Å². The Bertz CT molecular complexity index is 876. The topological polar surface area (TPSA) is 104 Å². The largest absolute Gasteiger partial charge is 0.490 e. The van der Waals surface area contributed by atoms with Gasteiger partial charge >= 0.3 is 0 Å². The molecule has 1 N–H and O–H groups in total. The SMILES string of the molecule is C[C@@H](NS(=O)(=O)c1ccc2c(c1)OCCCO2)c1nc(C2CC2)no1. The predicted molar refractivity (Wildman–Crippen MR) is 87.1 cm³/mol. The standard InChI is InChI=1S/C16H19N3O5S/c1-10(16-17-15(18-24-16)11-3-4-11)19-25(20,21)12-5-6-13-14(9-12)23-8-2-7-22-13/h5-6,9-11,19H,2-4,7-8H2,1H3/t10-/m1/s1. The second-order valence-electron chi connectivity index (χ2n) is 6.27. The highest BCUT2D eigenvalue weighted by atomic mass is 32.2. The molecule has 1 aromatic carbocycles. The van der Waals surface area contributed by atoms with E-state index in [0.29, 0.717) is 36.5 Å². The van der Waals surface area contributed by atoms with Crippen molar-refractivity contribution in [2.75, 3.05) is 13.2 Å². The monoisotopic (exact) mass is 365 g/mol. The van der Waals surface area contributed by atoms with Gasteiger partial charge in [0.15, 0.2) is 17.3 Å². The van der Waals surface area contributed by atoms with Gasteiger partial charge in [-0.1, -0.05) is 5.16 Å². The highest BCUT2D eigenvalue weighted by molar-refractivity contribution is 7.89. The van der Waals surface area contributed by atoms with Crippen LogP contribution in [-0.4, -0.2) is 31.8 Å². The lowest BCUT2D eigenvalue weighted by atomic mass is 10.3. The molecule has 9 heteroatoms. The fraction of sp³-hybridized carbons (Fsp3) is 0.500. The number of aromatic nitrogens is 2. The van der Waals surface area contributed by atoms with Crippen LogP contribution >= 0.6 is 0 Å². The summed E-state index contributed by atoms with van der Waals surface area (Å²) in [5.74, 6) is 2.25. The molecule has 134 valence electrons. The Morgan fingerprint density at radius 3 is 2.72 bits per heavy atom. The van der Waals surface area contributed by atoms with Gasteiger partial charge in [0.2, 0.25) is 15.9 Å². The fourth-order valence-corrected chi connectivity index (χ4v) is 3.80. The van der Waals surface area contributed by atoms with E-state index in [1.165, 1.54) is 12.1 Å². The van der Waals surface area contributed by atoms with Crippen molar-refractivity contribution in [3.05, 3.63) is 29.9 Å². The Morgan fingerprint density at radius 2 is 1.96 bits per heavy atom. The number of hydrogen-bond donors (Lipinski definition) is 1. The van der Waals surface area contributed by atoms with E-state index in [1.807, 2.05) is 0 Å². The molecular weight excluding hydrogens is 346 g/mol. The number of nitrogens with one attached hydrogen (secondary N) is 1. The van der Waals surface area contributed by atoms with Gasteiger partial charge in [-0.05, 0) is 31.9 Å². The van der Waals surface area contributed by atoms with Crippen LogP contribution in [0.3, 0.4) is 0 Å². The lowest BCUT2D eigenvalue weighted by Crippen LogP contribution is -2.27. The lowest BCUT2D eigenvalue weighted by molar-refractivity contribution is 0.297. The molecule has 0 bridgehead atoms. The molecule has 25 heavy (non-hydrogen) atoms. The summed E-state index contributed by atoms with van der Waals surface area (Å²) in [5.41, 5.74) is 0. The molecule has 1 aromatic heterocycles. The third-order valence-electron chi connectivity index (χ3n) is 4.13. The molecule has 4 rings (SSSR count). The van der Waals surface area contributed by atoms with Crippen LogP contribution in [0, 0.1) is 0 Å². The average molecular weight is 365 g/mol. The van der Waals surface area contributed by atoms with Crippen molar-refractivity contribution in [1.29, 1.82) is 0 Å². The second kappa shape index (κ2) is 6.30. The summed E-state index contributed by atoms with van der Waals surface area (Å²) in [4.78, 5) is 4.39. The number of hydrogen-bond acceptors (Lipinski definition) is 7. The molecule has 2 aromatic rings. The van der Waals surface area contributed by atoms with E-state index >= 15 is 0 Å². The van der Waals surface area contributed by atoms with Crippen LogP contribution in [0.25, 0.3) is 0 Å². The molecular formula is C16H19N3O5S. The first-order valence-corrected chi connectivity index (χ1v) is 9.77. The van der Waals surface area contributed by atoms with Crippen LogP contribution in [0.15, 0.2) is 27.6 Å². The van der Waals surface area contributed by atoms with Crippen LogP contribution < -0.4 is 14.2 Å². The lowest BCUT2D eigenvalue weighted by Gasteiger charge is -2.13. The quantitative estimate of drug-likeness (QED) is 0.866. The van der Waals surface area contributed by atoms with Gasteiger partial charge < -0.3 is 14.0 Å². The van der Waals surface area contributed by atoms with E-state index in [9.17, 15) is 8.42 Å². The van der Waals surface area contributed by atoms with E-state index in [1.54, 1.807) is 13.0 Å². The highest BCUT2D eigenvalue weighted by Gasteiger charge is 2.30. The molecule has 2 heterocycles. The Labute approximate surface area is 145 Å². The van der Waals surface area contributed by atoms with Gasteiger partial charge in [0, 0.05) is 18.4 Å². The summed E-state index contributed by atoms with van der Waals surface area (Å²) in [5, 5.41) is 3.91. The number of nitrogens with zero attached hydrogens (tertiary/aromatic N) is 2. The molecule has 2 aliphatic rings.